The number of carboxylic acids is 1. The molecule has 0 aliphatic carbocycles. The number of carbonyl (C=O) groups excluding carboxylic acids is 2. The zero-order valence-corrected chi connectivity index (χ0v) is 12.0. The highest BCUT2D eigenvalue weighted by Gasteiger charge is 2.07. The molecule has 7 nitrogen and oxygen atoms in total. The maximum atomic E-state index is 11.7. The van der Waals surface area contributed by atoms with Crippen LogP contribution in [0.15, 0.2) is 53.2 Å². The van der Waals surface area contributed by atoms with Gasteiger partial charge >= 0.3 is 5.97 Å². The topological polar surface area (TPSA) is 109 Å². The van der Waals surface area contributed by atoms with Gasteiger partial charge in [0, 0.05) is 17.3 Å². The summed E-state index contributed by atoms with van der Waals surface area (Å²) in [6.07, 6.45) is 4.36. The summed E-state index contributed by atoms with van der Waals surface area (Å²) >= 11 is 0. The lowest BCUT2D eigenvalue weighted by atomic mass is 10.2. The zero-order chi connectivity index (χ0) is 16.7. The molecular weight excluding hydrogens is 300 g/mol. The normalized spacial score (nSPS) is 10.4. The van der Waals surface area contributed by atoms with E-state index in [-0.39, 0.29) is 5.91 Å². The Bertz CT molecular complexity index is 717. The standard InChI is InChI=1S/C16H14N2O5/c19-14(8-7-13-2-1-9-23-13)18-12-5-3-11(4-6-12)16(22)17-10-15(20)21/h1-9H,10H2,(H,17,22)(H,18,19)(H,20,21)/b8-7+. The molecule has 2 rings (SSSR count). The first-order chi connectivity index (χ1) is 11.0. The predicted molar refractivity (Wildman–Crippen MR) is 82.8 cm³/mol. The molecule has 2 aromatic rings. The molecule has 0 aliphatic rings. The quantitative estimate of drug-likeness (QED) is 0.704. The van der Waals surface area contributed by atoms with Crippen molar-refractivity contribution >= 4 is 29.5 Å². The molecule has 0 bridgehead atoms. The van der Waals surface area contributed by atoms with E-state index in [1.807, 2.05) is 0 Å². The third-order valence-corrected chi connectivity index (χ3v) is 2.76. The van der Waals surface area contributed by atoms with E-state index in [0.29, 0.717) is 17.0 Å². The lowest BCUT2D eigenvalue weighted by molar-refractivity contribution is -0.135. The molecule has 1 aromatic carbocycles. The van der Waals surface area contributed by atoms with Gasteiger partial charge in [-0.3, -0.25) is 14.4 Å². The number of hydrogen-bond donors (Lipinski definition) is 3. The maximum Gasteiger partial charge on any atom is 0.322 e. The summed E-state index contributed by atoms with van der Waals surface area (Å²) in [6, 6.07) is 9.51. The molecule has 118 valence electrons. The van der Waals surface area contributed by atoms with Crippen LogP contribution in [0.4, 0.5) is 5.69 Å². The Morgan fingerprint density at radius 2 is 1.87 bits per heavy atom. The van der Waals surface area contributed by atoms with Crippen LogP contribution in [0.5, 0.6) is 0 Å². The van der Waals surface area contributed by atoms with Gasteiger partial charge in [-0.2, -0.15) is 0 Å². The number of amides is 2. The molecule has 0 saturated carbocycles. The van der Waals surface area contributed by atoms with E-state index >= 15 is 0 Å². The Balaban J connectivity index is 1.90. The Morgan fingerprint density at radius 3 is 2.48 bits per heavy atom. The third kappa shape index (κ3) is 5.16. The van der Waals surface area contributed by atoms with E-state index in [9.17, 15) is 14.4 Å². The summed E-state index contributed by atoms with van der Waals surface area (Å²) in [5.41, 5.74) is 0.809. The van der Waals surface area contributed by atoms with Gasteiger partial charge in [-0.1, -0.05) is 0 Å². The average Bonchev–Trinajstić information content (AvgIpc) is 3.05. The molecule has 3 N–H and O–H groups in total. The van der Waals surface area contributed by atoms with Gasteiger partial charge in [-0.15, -0.1) is 0 Å². The summed E-state index contributed by atoms with van der Waals surface area (Å²) < 4.78 is 5.06. The van der Waals surface area contributed by atoms with Crippen molar-refractivity contribution in [3.05, 3.63) is 60.1 Å². The molecule has 23 heavy (non-hydrogen) atoms. The zero-order valence-electron chi connectivity index (χ0n) is 12.0. The van der Waals surface area contributed by atoms with Crippen molar-refractivity contribution in [1.82, 2.24) is 5.32 Å². The minimum Gasteiger partial charge on any atom is -0.480 e. The number of rotatable bonds is 6. The van der Waals surface area contributed by atoms with Crippen molar-refractivity contribution in [3.63, 3.8) is 0 Å². The molecule has 0 radical (unpaired) electrons. The van der Waals surface area contributed by atoms with Crippen molar-refractivity contribution < 1.29 is 23.9 Å². The molecule has 1 aromatic heterocycles. The Labute approximate surface area is 131 Å². The van der Waals surface area contributed by atoms with E-state index in [4.69, 9.17) is 9.52 Å². The van der Waals surface area contributed by atoms with Gasteiger partial charge in [0.25, 0.3) is 5.91 Å². The van der Waals surface area contributed by atoms with Crippen molar-refractivity contribution in [2.45, 2.75) is 0 Å². The van der Waals surface area contributed by atoms with E-state index in [1.54, 1.807) is 24.3 Å². The second kappa shape index (κ2) is 7.60. The fourth-order valence-electron chi connectivity index (χ4n) is 1.69. The maximum absolute atomic E-state index is 11.7. The molecule has 0 spiro atoms. The summed E-state index contributed by atoms with van der Waals surface area (Å²) in [7, 11) is 0. The predicted octanol–water partition coefficient (Wildman–Crippen LogP) is 1.75. The molecular formula is C16H14N2O5. The molecule has 0 unspecified atom stereocenters. The van der Waals surface area contributed by atoms with Gasteiger partial charge in [0.05, 0.1) is 6.26 Å². The van der Waals surface area contributed by atoms with Crippen LogP contribution in [0.1, 0.15) is 16.1 Å². The minimum absolute atomic E-state index is 0.301. The molecule has 0 saturated heterocycles. The monoisotopic (exact) mass is 314 g/mol. The van der Waals surface area contributed by atoms with Crippen LogP contribution in [-0.2, 0) is 9.59 Å². The smallest absolute Gasteiger partial charge is 0.322 e. The average molecular weight is 314 g/mol. The van der Waals surface area contributed by atoms with Crippen LogP contribution < -0.4 is 10.6 Å². The second-order valence-corrected chi connectivity index (χ2v) is 4.49. The summed E-state index contributed by atoms with van der Waals surface area (Å²) in [5, 5.41) is 13.4. The van der Waals surface area contributed by atoms with Crippen LogP contribution in [0.2, 0.25) is 0 Å². The number of carbonyl (C=O) groups is 3. The van der Waals surface area contributed by atoms with Gasteiger partial charge in [0.1, 0.15) is 12.3 Å². The van der Waals surface area contributed by atoms with E-state index < -0.39 is 18.4 Å². The fourth-order valence-corrected chi connectivity index (χ4v) is 1.69. The van der Waals surface area contributed by atoms with Gasteiger partial charge < -0.3 is 20.2 Å². The number of nitrogens with one attached hydrogen (secondary N) is 2. The number of aliphatic carboxylic acids is 1. The summed E-state index contributed by atoms with van der Waals surface area (Å²) in [6.45, 7) is -0.450. The Hall–Kier alpha value is -3.35. The molecule has 7 heteroatoms. The van der Waals surface area contributed by atoms with Crippen LogP contribution in [0.25, 0.3) is 6.08 Å². The molecule has 2 amide bonds. The van der Waals surface area contributed by atoms with E-state index in [0.717, 1.165) is 0 Å². The first-order valence-corrected chi connectivity index (χ1v) is 6.67. The second-order valence-electron chi connectivity index (χ2n) is 4.49. The molecule has 1 heterocycles. The lowest BCUT2D eigenvalue weighted by Gasteiger charge is -2.05. The Morgan fingerprint density at radius 1 is 1.13 bits per heavy atom. The van der Waals surface area contributed by atoms with Crippen molar-refractivity contribution in [2.24, 2.45) is 0 Å². The highest BCUT2D eigenvalue weighted by atomic mass is 16.4. The fraction of sp³-hybridized carbons (Fsp3) is 0.0625. The summed E-state index contributed by atoms with van der Waals surface area (Å²) in [5.74, 6) is -1.40. The van der Waals surface area contributed by atoms with Gasteiger partial charge in [0.2, 0.25) is 5.91 Å². The van der Waals surface area contributed by atoms with Gasteiger partial charge in [0.15, 0.2) is 0 Å². The largest absolute Gasteiger partial charge is 0.480 e. The number of furan rings is 1. The third-order valence-electron chi connectivity index (χ3n) is 2.76. The van der Waals surface area contributed by atoms with Gasteiger partial charge in [-0.25, -0.2) is 0 Å². The van der Waals surface area contributed by atoms with E-state index in [2.05, 4.69) is 10.6 Å². The first kappa shape index (κ1) is 16.0. The number of hydrogen-bond acceptors (Lipinski definition) is 4. The highest BCUT2D eigenvalue weighted by molar-refractivity contribution is 6.02. The highest BCUT2D eigenvalue weighted by Crippen LogP contribution is 2.10. The van der Waals surface area contributed by atoms with Crippen LogP contribution in [0, 0.1) is 0 Å². The molecule has 0 aliphatic heterocycles. The van der Waals surface area contributed by atoms with Crippen molar-refractivity contribution in [3.8, 4) is 0 Å². The lowest BCUT2D eigenvalue weighted by Crippen LogP contribution is -2.29. The number of carboxylic acid groups (broad SMARTS) is 1. The Kier molecular flexibility index (Phi) is 5.30. The number of benzene rings is 1. The van der Waals surface area contributed by atoms with Crippen LogP contribution in [0.3, 0.4) is 0 Å². The number of anilines is 1. The van der Waals surface area contributed by atoms with Crippen LogP contribution in [-0.4, -0.2) is 29.4 Å². The first-order valence-electron chi connectivity index (χ1n) is 6.67. The minimum atomic E-state index is -1.12. The molecule has 0 atom stereocenters. The van der Waals surface area contributed by atoms with Crippen molar-refractivity contribution in [1.29, 1.82) is 0 Å². The van der Waals surface area contributed by atoms with Crippen molar-refractivity contribution in [2.75, 3.05) is 11.9 Å². The summed E-state index contributed by atoms with van der Waals surface area (Å²) in [4.78, 5) is 33.7. The van der Waals surface area contributed by atoms with Crippen LogP contribution >= 0.6 is 0 Å². The SMILES string of the molecule is O=C(O)CNC(=O)c1ccc(NC(=O)/C=C/c2ccco2)cc1. The van der Waals surface area contributed by atoms with E-state index in [1.165, 1.54) is 30.5 Å². The molecule has 0 fully saturated rings. The van der Waals surface area contributed by atoms with Gasteiger partial charge in [-0.05, 0) is 42.5 Å².